The number of hydrogen-bond donors (Lipinski definition) is 2. The van der Waals surface area contributed by atoms with Crippen molar-refractivity contribution in [3.8, 4) is 16.9 Å². The SMILES string of the molecule is COc1ccc(N2CC[NH+](Cc3nc4scc(-c5ccccc5)c4c(=O)[nH]3)CC2)cc1. The number of benzene rings is 2. The zero-order valence-electron chi connectivity index (χ0n) is 17.4. The molecule has 1 aliphatic rings. The number of nitrogens with zero attached hydrogens (tertiary/aromatic N) is 2. The monoisotopic (exact) mass is 433 g/mol. The van der Waals surface area contributed by atoms with Crippen molar-refractivity contribution in [1.29, 1.82) is 0 Å². The quantitative estimate of drug-likeness (QED) is 0.508. The Morgan fingerprint density at radius 2 is 1.84 bits per heavy atom. The average Bonchev–Trinajstić information content (AvgIpc) is 3.25. The molecule has 0 bridgehead atoms. The van der Waals surface area contributed by atoms with E-state index >= 15 is 0 Å². The molecule has 5 rings (SSSR count). The Morgan fingerprint density at radius 3 is 2.55 bits per heavy atom. The number of H-pyrrole nitrogens is 1. The Kier molecular flexibility index (Phi) is 5.44. The minimum Gasteiger partial charge on any atom is -0.497 e. The lowest BCUT2D eigenvalue weighted by Crippen LogP contribution is -3.13. The predicted molar refractivity (Wildman–Crippen MR) is 125 cm³/mol. The second kappa shape index (κ2) is 8.53. The third-order valence-electron chi connectivity index (χ3n) is 5.90. The van der Waals surface area contributed by atoms with Gasteiger partial charge in [-0.2, -0.15) is 0 Å². The van der Waals surface area contributed by atoms with Gasteiger partial charge in [0.2, 0.25) is 0 Å². The number of aromatic nitrogens is 2. The summed E-state index contributed by atoms with van der Waals surface area (Å²) in [5, 5.41) is 2.73. The van der Waals surface area contributed by atoms with Crippen LogP contribution < -0.4 is 20.1 Å². The summed E-state index contributed by atoms with van der Waals surface area (Å²) in [6, 6.07) is 18.2. The van der Waals surface area contributed by atoms with Crippen LogP contribution in [0.1, 0.15) is 5.82 Å². The van der Waals surface area contributed by atoms with Crippen LogP contribution in [0.3, 0.4) is 0 Å². The molecule has 0 spiro atoms. The molecule has 1 fully saturated rings. The molecule has 1 aliphatic heterocycles. The summed E-state index contributed by atoms with van der Waals surface area (Å²) in [6.45, 7) is 4.71. The van der Waals surface area contributed by atoms with Crippen LogP contribution >= 0.6 is 11.3 Å². The van der Waals surface area contributed by atoms with Gasteiger partial charge in [0, 0.05) is 16.6 Å². The van der Waals surface area contributed by atoms with E-state index in [9.17, 15) is 4.79 Å². The van der Waals surface area contributed by atoms with Gasteiger partial charge in [0.25, 0.3) is 5.56 Å². The van der Waals surface area contributed by atoms with E-state index in [0.29, 0.717) is 5.39 Å². The molecule has 158 valence electrons. The van der Waals surface area contributed by atoms with E-state index in [1.807, 2.05) is 47.8 Å². The molecule has 2 aromatic heterocycles. The lowest BCUT2D eigenvalue weighted by molar-refractivity contribution is -0.915. The lowest BCUT2D eigenvalue weighted by Gasteiger charge is -2.33. The van der Waals surface area contributed by atoms with Gasteiger partial charge in [0.15, 0.2) is 5.82 Å². The van der Waals surface area contributed by atoms with Crippen molar-refractivity contribution in [1.82, 2.24) is 9.97 Å². The molecule has 1 saturated heterocycles. The van der Waals surface area contributed by atoms with Crippen molar-refractivity contribution in [3.63, 3.8) is 0 Å². The molecule has 4 aromatic rings. The number of thiophene rings is 1. The first-order valence-corrected chi connectivity index (χ1v) is 11.4. The van der Waals surface area contributed by atoms with E-state index in [1.165, 1.54) is 10.6 Å². The number of nitrogens with one attached hydrogen (secondary N) is 2. The van der Waals surface area contributed by atoms with Crippen LogP contribution in [0.5, 0.6) is 5.75 Å². The molecule has 2 N–H and O–H groups in total. The molecule has 2 aromatic carbocycles. The van der Waals surface area contributed by atoms with E-state index in [1.54, 1.807) is 18.4 Å². The predicted octanol–water partition coefficient (Wildman–Crippen LogP) is 2.57. The normalized spacial score (nSPS) is 14.8. The van der Waals surface area contributed by atoms with Crippen LogP contribution in [-0.2, 0) is 6.54 Å². The lowest BCUT2D eigenvalue weighted by atomic mass is 10.1. The summed E-state index contributed by atoms with van der Waals surface area (Å²) in [6.07, 6.45) is 0. The highest BCUT2D eigenvalue weighted by Crippen LogP contribution is 2.30. The van der Waals surface area contributed by atoms with Gasteiger partial charge in [-0.05, 0) is 29.8 Å². The van der Waals surface area contributed by atoms with E-state index in [0.717, 1.165) is 60.3 Å². The average molecular weight is 434 g/mol. The minimum absolute atomic E-state index is 0.0450. The number of aromatic amines is 1. The van der Waals surface area contributed by atoms with E-state index < -0.39 is 0 Å². The third-order valence-corrected chi connectivity index (χ3v) is 6.78. The molecule has 3 heterocycles. The van der Waals surface area contributed by atoms with Crippen molar-refractivity contribution in [2.24, 2.45) is 0 Å². The molecule has 31 heavy (non-hydrogen) atoms. The third kappa shape index (κ3) is 4.06. The summed E-state index contributed by atoms with van der Waals surface area (Å²) < 4.78 is 5.25. The van der Waals surface area contributed by atoms with Crippen molar-refractivity contribution in [2.45, 2.75) is 6.54 Å². The smallest absolute Gasteiger partial charge is 0.260 e. The van der Waals surface area contributed by atoms with Gasteiger partial charge < -0.3 is 19.5 Å². The Bertz CT molecular complexity index is 1230. The van der Waals surface area contributed by atoms with E-state index in [-0.39, 0.29) is 5.56 Å². The Labute approximate surface area is 184 Å². The number of piperazine rings is 1. The molecule has 0 atom stereocenters. The summed E-state index contributed by atoms with van der Waals surface area (Å²) >= 11 is 1.54. The zero-order chi connectivity index (χ0) is 21.2. The highest BCUT2D eigenvalue weighted by atomic mass is 32.1. The summed E-state index contributed by atoms with van der Waals surface area (Å²) in [7, 11) is 1.69. The van der Waals surface area contributed by atoms with Gasteiger partial charge in [-0.25, -0.2) is 4.98 Å². The van der Waals surface area contributed by atoms with Gasteiger partial charge in [0.1, 0.15) is 17.1 Å². The van der Waals surface area contributed by atoms with Gasteiger partial charge >= 0.3 is 0 Å². The molecule has 0 aliphatic carbocycles. The zero-order valence-corrected chi connectivity index (χ0v) is 18.2. The molecule has 0 amide bonds. The number of methoxy groups -OCH3 is 1. The largest absolute Gasteiger partial charge is 0.497 e. The van der Waals surface area contributed by atoms with Crippen molar-refractivity contribution in [2.75, 3.05) is 38.2 Å². The van der Waals surface area contributed by atoms with Crippen LogP contribution in [0.25, 0.3) is 21.3 Å². The Hall–Kier alpha value is -3.16. The first-order valence-electron chi connectivity index (χ1n) is 10.5. The van der Waals surface area contributed by atoms with Gasteiger partial charge in [-0.1, -0.05) is 30.3 Å². The molecule has 0 unspecified atom stereocenters. The Balaban J connectivity index is 1.28. The van der Waals surface area contributed by atoms with Crippen molar-refractivity contribution in [3.05, 3.63) is 76.2 Å². The molecular weight excluding hydrogens is 408 g/mol. The minimum atomic E-state index is -0.0450. The molecule has 7 heteroatoms. The van der Waals surface area contributed by atoms with Crippen LogP contribution in [0, 0.1) is 0 Å². The molecule has 0 saturated carbocycles. The summed E-state index contributed by atoms with van der Waals surface area (Å²) in [5.74, 6) is 1.65. The number of hydrogen-bond acceptors (Lipinski definition) is 5. The van der Waals surface area contributed by atoms with E-state index in [4.69, 9.17) is 9.72 Å². The van der Waals surface area contributed by atoms with Crippen LogP contribution in [-0.4, -0.2) is 43.3 Å². The number of anilines is 1. The fourth-order valence-corrected chi connectivity index (χ4v) is 5.16. The highest BCUT2D eigenvalue weighted by Gasteiger charge is 2.22. The number of ether oxygens (including phenoxy) is 1. The van der Waals surface area contributed by atoms with Crippen LogP contribution in [0.4, 0.5) is 5.69 Å². The Morgan fingerprint density at radius 1 is 1.10 bits per heavy atom. The van der Waals surface area contributed by atoms with Crippen molar-refractivity contribution >= 4 is 27.2 Å². The molecular formula is C24H25N4O2S+. The molecule has 6 nitrogen and oxygen atoms in total. The van der Waals surface area contributed by atoms with Gasteiger partial charge in [-0.3, -0.25) is 4.79 Å². The maximum atomic E-state index is 12.9. The second-order valence-electron chi connectivity index (χ2n) is 7.82. The van der Waals surface area contributed by atoms with Crippen LogP contribution in [0.15, 0.2) is 64.8 Å². The maximum Gasteiger partial charge on any atom is 0.260 e. The standard InChI is InChI=1S/C24H24N4O2S/c1-30-19-9-7-18(8-10-19)28-13-11-27(12-14-28)15-21-25-23(29)22-20(16-31-24(22)26-21)17-5-3-2-4-6-17/h2-10,16H,11-15H2,1H3,(H,25,26,29)/p+1. The fraction of sp³-hybridized carbons (Fsp3) is 0.250. The molecule has 0 radical (unpaired) electrons. The van der Waals surface area contributed by atoms with Crippen molar-refractivity contribution < 1.29 is 9.64 Å². The maximum absolute atomic E-state index is 12.9. The first-order chi connectivity index (χ1) is 15.2. The van der Waals surface area contributed by atoms with E-state index in [2.05, 4.69) is 22.0 Å². The number of fused-ring (bicyclic) bond motifs is 1. The second-order valence-corrected chi connectivity index (χ2v) is 8.68. The topological polar surface area (TPSA) is 62.7 Å². The summed E-state index contributed by atoms with van der Waals surface area (Å²) in [5.41, 5.74) is 3.19. The van der Waals surface area contributed by atoms with Gasteiger partial charge in [-0.15, -0.1) is 11.3 Å². The summed E-state index contributed by atoms with van der Waals surface area (Å²) in [4.78, 5) is 25.3. The number of rotatable bonds is 5. The van der Waals surface area contributed by atoms with Gasteiger partial charge in [0.05, 0.1) is 38.7 Å². The first kappa shape index (κ1) is 19.8. The number of quaternary nitrogens is 1. The van der Waals surface area contributed by atoms with Crippen LogP contribution in [0.2, 0.25) is 0 Å². The fourth-order valence-electron chi connectivity index (χ4n) is 4.20. The highest BCUT2D eigenvalue weighted by molar-refractivity contribution is 7.17.